The molecule has 2 aromatic carbocycles. The molecule has 0 radical (unpaired) electrons. The molecule has 1 unspecified atom stereocenters. The van der Waals surface area contributed by atoms with Gasteiger partial charge in [0.2, 0.25) is 5.78 Å². The van der Waals surface area contributed by atoms with Crippen LogP contribution in [0.15, 0.2) is 42.3 Å². The minimum atomic E-state index is -0.538. The molecule has 3 heterocycles. The molecule has 170 valence electrons. The minimum Gasteiger partial charge on any atom is -0.497 e. The summed E-state index contributed by atoms with van der Waals surface area (Å²) in [5, 5.41) is 0.971. The summed E-state index contributed by atoms with van der Waals surface area (Å²) in [4.78, 5) is 25.5. The first kappa shape index (κ1) is 21.3. The van der Waals surface area contributed by atoms with Crippen LogP contribution in [0, 0.1) is 6.92 Å². The molecule has 5 rings (SSSR count). The number of nitrogens with zero attached hydrogens (tertiary/aromatic N) is 1. The largest absolute Gasteiger partial charge is 0.497 e. The molecule has 33 heavy (non-hydrogen) atoms. The summed E-state index contributed by atoms with van der Waals surface area (Å²) < 4.78 is 24.3. The Kier molecular flexibility index (Phi) is 5.42. The quantitative estimate of drug-likeness (QED) is 0.321. The number of allylic oxidation sites excluding steroid dienone is 1. The van der Waals surface area contributed by atoms with E-state index in [0.29, 0.717) is 35.7 Å². The van der Waals surface area contributed by atoms with Gasteiger partial charge in [-0.2, -0.15) is 0 Å². The second-order valence-corrected chi connectivity index (χ2v) is 8.23. The zero-order chi connectivity index (χ0) is 23.1. The van der Waals surface area contributed by atoms with Gasteiger partial charge in [-0.15, -0.1) is 0 Å². The number of Topliss-reactive ketones (excluding diaryl/α,β-unsaturated/α-hetero) is 1. The fourth-order valence-corrected chi connectivity index (χ4v) is 4.43. The lowest BCUT2D eigenvalue weighted by atomic mass is 10.0. The second kappa shape index (κ2) is 8.41. The van der Waals surface area contributed by atoms with Crippen molar-refractivity contribution < 1.29 is 28.5 Å². The molecule has 0 N–H and O–H groups in total. The number of hydrogen-bond donors (Lipinski definition) is 0. The lowest BCUT2D eigenvalue weighted by molar-refractivity contribution is -0.144. The van der Waals surface area contributed by atoms with E-state index in [1.807, 2.05) is 24.4 Å². The van der Waals surface area contributed by atoms with Crippen LogP contribution < -0.4 is 14.2 Å². The highest BCUT2D eigenvalue weighted by Crippen LogP contribution is 2.38. The molecular formula is C26H25NO6. The molecule has 0 saturated carbocycles. The van der Waals surface area contributed by atoms with Gasteiger partial charge in [0.25, 0.3) is 0 Å². The molecule has 7 heteroatoms. The van der Waals surface area contributed by atoms with Gasteiger partial charge in [0.1, 0.15) is 17.2 Å². The third-order valence-corrected chi connectivity index (χ3v) is 6.10. The first-order valence-electron chi connectivity index (χ1n) is 11.1. The van der Waals surface area contributed by atoms with Crippen molar-refractivity contribution in [1.29, 1.82) is 0 Å². The van der Waals surface area contributed by atoms with Gasteiger partial charge in [-0.1, -0.05) is 0 Å². The highest BCUT2D eigenvalue weighted by atomic mass is 16.6. The van der Waals surface area contributed by atoms with E-state index in [0.717, 1.165) is 35.2 Å². The monoisotopic (exact) mass is 447 g/mol. The van der Waals surface area contributed by atoms with Crippen LogP contribution in [0.2, 0.25) is 0 Å². The summed E-state index contributed by atoms with van der Waals surface area (Å²) in [5.74, 6) is 1.08. The van der Waals surface area contributed by atoms with Crippen molar-refractivity contribution in [1.82, 2.24) is 4.57 Å². The number of rotatable bonds is 5. The molecule has 1 aromatic heterocycles. The average molecular weight is 447 g/mol. The fraction of sp³-hybridized carbons (Fsp3) is 0.308. The normalized spacial score (nSPS) is 18.6. The summed E-state index contributed by atoms with van der Waals surface area (Å²) in [7, 11) is 1.63. The maximum Gasteiger partial charge on any atom is 0.340 e. The Hall–Kier alpha value is -3.58. The van der Waals surface area contributed by atoms with Gasteiger partial charge in [-0.05, 0) is 62.6 Å². The molecule has 7 nitrogen and oxygen atoms in total. The number of carbonyl (C=O) groups excluding carboxylic acids is 2. The van der Waals surface area contributed by atoms with Gasteiger partial charge in [0, 0.05) is 41.9 Å². The van der Waals surface area contributed by atoms with Gasteiger partial charge in [-0.25, -0.2) is 4.79 Å². The smallest absolute Gasteiger partial charge is 0.340 e. The average Bonchev–Trinajstić information content (AvgIpc) is 3.52. The van der Waals surface area contributed by atoms with E-state index in [4.69, 9.17) is 18.9 Å². The molecule has 1 saturated heterocycles. The summed E-state index contributed by atoms with van der Waals surface area (Å²) >= 11 is 0. The lowest BCUT2D eigenvalue weighted by Gasteiger charge is -2.11. The van der Waals surface area contributed by atoms with Crippen LogP contribution in [-0.4, -0.2) is 36.1 Å². The van der Waals surface area contributed by atoms with Crippen LogP contribution in [0.1, 0.15) is 41.3 Å². The minimum absolute atomic E-state index is 0.195. The molecule has 1 fully saturated rings. The SMILES string of the molecule is CCn1cc(/C=C2\Oc3cc(OC(=O)C4CCCO4)cc(C)c3C2=O)c2cc(OC)ccc21. The number of ether oxygens (including phenoxy) is 4. The summed E-state index contributed by atoms with van der Waals surface area (Å²) in [5.41, 5.74) is 3.08. The standard InChI is InChI=1S/C26H25NO6/c1-4-27-14-16(19-12-17(30-3)7-8-20(19)27)11-23-25(28)24-15(2)10-18(13-22(24)33-23)32-26(29)21-6-5-9-31-21/h7-8,10-14,21H,4-6,9H2,1-3H3/b23-11-. The van der Waals surface area contributed by atoms with E-state index in [-0.39, 0.29) is 11.5 Å². The van der Waals surface area contributed by atoms with Crippen LogP contribution in [-0.2, 0) is 16.1 Å². The zero-order valence-corrected chi connectivity index (χ0v) is 18.8. The van der Waals surface area contributed by atoms with E-state index in [9.17, 15) is 9.59 Å². The van der Waals surface area contributed by atoms with E-state index >= 15 is 0 Å². The molecule has 2 aliphatic heterocycles. The number of esters is 1. The van der Waals surface area contributed by atoms with Crippen LogP contribution in [0.4, 0.5) is 0 Å². The van der Waals surface area contributed by atoms with Gasteiger partial charge in [0.15, 0.2) is 11.9 Å². The number of hydrogen-bond acceptors (Lipinski definition) is 6. The molecule has 1 atom stereocenters. The van der Waals surface area contributed by atoms with Gasteiger partial charge in [-0.3, -0.25) is 4.79 Å². The highest BCUT2D eigenvalue weighted by molar-refractivity contribution is 6.16. The number of ketones is 1. The third-order valence-electron chi connectivity index (χ3n) is 6.10. The summed E-state index contributed by atoms with van der Waals surface area (Å²) in [6.07, 6.45) is 4.71. The topological polar surface area (TPSA) is 76.0 Å². The van der Waals surface area contributed by atoms with E-state index < -0.39 is 12.1 Å². The van der Waals surface area contributed by atoms with E-state index in [1.165, 1.54) is 0 Å². The van der Waals surface area contributed by atoms with Crippen LogP contribution >= 0.6 is 0 Å². The maximum absolute atomic E-state index is 13.1. The lowest BCUT2D eigenvalue weighted by Crippen LogP contribution is -2.24. The van der Waals surface area contributed by atoms with Crippen molar-refractivity contribution in [2.24, 2.45) is 0 Å². The summed E-state index contributed by atoms with van der Waals surface area (Å²) in [6, 6.07) is 9.15. The Morgan fingerprint density at radius 1 is 1.24 bits per heavy atom. The number of benzene rings is 2. The van der Waals surface area contributed by atoms with Crippen molar-refractivity contribution in [2.75, 3.05) is 13.7 Å². The van der Waals surface area contributed by atoms with Crippen molar-refractivity contribution in [3.05, 3.63) is 59.0 Å². The van der Waals surface area contributed by atoms with E-state index in [1.54, 1.807) is 32.2 Å². The molecule has 0 amide bonds. The van der Waals surface area contributed by atoms with Crippen molar-refractivity contribution in [3.8, 4) is 17.2 Å². The molecule has 0 aliphatic carbocycles. The Balaban J connectivity index is 1.47. The molecule has 2 aliphatic rings. The molecular weight excluding hydrogens is 422 g/mol. The zero-order valence-electron chi connectivity index (χ0n) is 18.8. The number of aromatic nitrogens is 1. The Bertz CT molecular complexity index is 1300. The maximum atomic E-state index is 13.1. The Labute approximate surface area is 191 Å². The number of fused-ring (bicyclic) bond motifs is 2. The van der Waals surface area contributed by atoms with Gasteiger partial charge >= 0.3 is 5.97 Å². The Morgan fingerprint density at radius 3 is 2.82 bits per heavy atom. The Morgan fingerprint density at radius 2 is 2.09 bits per heavy atom. The number of methoxy groups -OCH3 is 1. The fourth-order valence-electron chi connectivity index (χ4n) is 4.43. The van der Waals surface area contributed by atoms with Crippen molar-refractivity contribution in [2.45, 2.75) is 39.3 Å². The van der Waals surface area contributed by atoms with Crippen molar-refractivity contribution in [3.63, 3.8) is 0 Å². The van der Waals surface area contributed by atoms with Crippen LogP contribution in [0.5, 0.6) is 17.2 Å². The van der Waals surface area contributed by atoms with Gasteiger partial charge in [0.05, 0.1) is 12.7 Å². The van der Waals surface area contributed by atoms with Crippen molar-refractivity contribution >= 4 is 28.7 Å². The predicted molar refractivity (Wildman–Crippen MR) is 123 cm³/mol. The molecule has 0 spiro atoms. The van der Waals surface area contributed by atoms with Crippen LogP contribution in [0.3, 0.4) is 0 Å². The predicted octanol–water partition coefficient (Wildman–Crippen LogP) is 4.68. The number of aryl methyl sites for hydroxylation is 2. The molecule has 3 aromatic rings. The first-order chi connectivity index (χ1) is 16.0. The third kappa shape index (κ3) is 3.78. The van der Waals surface area contributed by atoms with Gasteiger partial charge < -0.3 is 23.5 Å². The second-order valence-electron chi connectivity index (χ2n) is 8.23. The summed E-state index contributed by atoms with van der Waals surface area (Å²) in [6.45, 7) is 5.23. The van der Waals surface area contributed by atoms with Crippen LogP contribution in [0.25, 0.3) is 17.0 Å². The van der Waals surface area contributed by atoms with E-state index in [2.05, 4.69) is 11.5 Å². The highest BCUT2D eigenvalue weighted by Gasteiger charge is 2.32. The molecule has 0 bridgehead atoms. The number of carbonyl (C=O) groups is 2. The first-order valence-corrected chi connectivity index (χ1v) is 11.1.